The summed E-state index contributed by atoms with van der Waals surface area (Å²) in [5.74, 6) is -0.0869. The average Bonchev–Trinajstić information content (AvgIpc) is 2.15. The van der Waals surface area contributed by atoms with Gasteiger partial charge in [-0.05, 0) is 23.6 Å². The maximum absolute atomic E-state index is 11.5. The molecule has 0 bridgehead atoms. The first-order valence-corrected chi connectivity index (χ1v) is 5.03. The molecular weight excluding hydrogens is 186 g/mol. The van der Waals surface area contributed by atoms with E-state index in [1.165, 1.54) is 0 Å². The van der Waals surface area contributed by atoms with Gasteiger partial charge in [0.1, 0.15) is 0 Å². The Kier molecular flexibility index (Phi) is 3.67. The van der Waals surface area contributed by atoms with Crippen LogP contribution in [0.2, 0.25) is 0 Å². The number of rotatable bonds is 2. The van der Waals surface area contributed by atoms with E-state index in [-0.39, 0.29) is 11.3 Å². The molecule has 2 heteroatoms. The Morgan fingerprint density at radius 3 is 2.33 bits per heavy atom. The number of anilines is 1. The molecule has 0 radical (unpaired) electrons. The van der Waals surface area contributed by atoms with Crippen LogP contribution in [0.3, 0.4) is 0 Å². The van der Waals surface area contributed by atoms with Crippen LogP contribution >= 0.6 is 0 Å². The first-order valence-electron chi connectivity index (χ1n) is 5.03. The molecule has 0 unspecified atom stereocenters. The summed E-state index contributed by atoms with van der Waals surface area (Å²) < 4.78 is 0. The molecule has 1 rings (SSSR count). The Labute approximate surface area is 91.0 Å². The van der Waals surface area contributed by atoms with E-state index in [9.17, 15) is 4.79 Å². The van der Waals surface area contributed by atoms with Gasteiger partial charge in [-0.25, -0.2) is 0 Å². The van der Waals surface area contributed by atoms with E-state index in [0.717, 1.165) is 5.69 Å². The maximum Gasteiger partial charge on any atom is 0.248 e. The number of hydrogen-bond donors (Lipinski definition) is 1. The summed E-state index contributed by atoms with van der Waals surface area (Å²) in [6.45, 7) is 6.16. The van der Waals surface area contributed by atoms with Gasteiger partial charge in [0.2, 0.25) is 5.91 Å². The van der Waals surface area contributed by atoms with Crippen molar-refractivity contribution < 1.29 is 4.79 Å². The Morgan fingerprint density at radius 1 is 1.20 bits per heavy atom. The van der Waals surface area contributed by atoms with Crippen LogP contribution in [0.5, 0.6) is 0 Å². The fourth-order valence-corrected chi connectivity index (χ4v) is 1.03. The lowest BCUT2D eigenvalue weighted by molar-refractivity contribution is -0.112. The summed E-state index contributed by atoms with van der Waals surface area (Å²) >= 11 is 0. The van der Waals surface area contributed by atoms with Gasteiger partial charge in [-0.2, -0.15) is 0 Å². The largest absolute Gasteiger partial charge is 0.323 e. The molecule has 0 saturated carbocycles. The fourth-order valence-electron chi connectivity index (χ4n) is 1.03. The highest BCUT2D eigenvalue weighted by molar-refractivity contribution is 5.99. The number of allylic oxidation sites excluding steroid dienone is 1. The fraction of sp³-hybridized carbons (Fsp3) is 0.308. The number of carbonyl (C=O) groups is 1. The third-order valence-electron chi connectivity index (χ3n) is 1.78. The van der Waals surface area contributed by atoms with Crippen molar-refractivity contribution in [1.82, 2.24) is 0 Å². The zero-order chi connectivity index (χ0) is 11.3. The van der Waals surface area contributed by atoms with E-state index in [4.69, 9.17) is 0 Å². The van der Waals surface area contributed by atoms with Crippen molar-refractivity contribution in [3.8, 4) is 0 Å². The van der Waals surface area contributed by atoms with E-state index in [0.29, 0.717) is 0 Å². The SMILES string of the molecule is CC(C)(C)C=CC(=O)Nc1ccccc1. The molecule has 0 saturated heterocycles. The van der Waals surface area contributed by atoms with Crippen molar-refractivity contribution in [2.75, 3.05) is 5.32 Å². The molecule has 0 aliphatic carbocycles. The third kappa shape index (κ3) is 5.01. The third-order valence-corrected chi connectivity index (χ3v) is 1.78. The zero-order valence-electron chi connectivity index (χ0n) is 9.45. The summed E-state index contributed by atoms with van der Waals surface area (Å²) in [5.41, 5.74) is 0.856. The molecule has 15 heavy (non-hydrogen) atoms. The number of hydrogen-bond acceptors (Lipinski definition) is 1. The topological polar surface area (TPSA) is 29.1 Å². The van der Waals surface area contributed by atoms with Gasteiger partial charge in [-0.1, -0.05) is 45.0 Å². The van der Waals surface area contributed by atoms with Crippen molar-refractivity contribution in [1.29, 1.82) is 0 Å². The van der Waals surface area contributed by atoms with E-state index in [2.05, 4.69) is 26.1 Å². The second-order valence-electron chi connectivity index (χ2n) is 4.55. The van der Waals surface area contributed by atoms with Gasteiger partial charge < -0.3 is 5.32 Å². The second kappa shape index (κ2) is 4.78. The van der Waals surface area contributed by atoms with Crippen LogP contribution in [0.25, 0.3) is 0 Å². The average molecular weight is 203 g/mol. The molecule has 0 aromatic heterocycles. The predicted octanol–water partition coefficient (Wildman–Crippen LogP) is 3.23. The van der Waals surface area contributed by atoms with Crippen molar-refractivity contribution in [2.45, 2.75) is 20.8 Å². The van der Waals surface area contributed by atoms with Gasteiger partial charge in [0.25, 0.3) is 0 Å². The predicted molar refractivity (Wildman–Crippen MR) is 63.7 cm³/mol. The summed E-state index contributed by atoms with van der Waals surface area (Å²) in [6, 6.07) is 9.43. The van der Waals surface area contributed by atoms with Gasteiger partial charge in [0.05, 0.1) is 0 Å². The van der Waals surface area contributed by atoms with E-state index in [1.54, 1.807) is 6.08 Å². The molecule has 0 heterocycles. The highest BCUT2D eigenvalue weighted by Gasteiger charge is 2.05. The number of amides is 1. The highest BCUT2D eigenvalue weighted by Crippen LogP contribution is 2.14. The summed E-state index contributed by atoms with van der Waals surface area (Å²) in [5, 5.41) is 2.79. The molecule has 80 valence electrons. The summed E-state index contributed by atoms with van der Waals surface area (Å²) in [4.78, 5) is 11.5. The Morgan fingerprint density at radius 2 is 1.80 bits per heavy atom. The van der Waals surface area contributed by atoms with Crippen molar-refractivity contribution in [3.63, 3.8) is 0 Å². The number of para-hydroxylation sites is 1. The van der Waals surface area contributed by atoms with Crippen molar-refractivity contribution in [3.05, 3.63) is 42.5 Å². The lowest BCUT2D eigenvalue weighted by Gasteiger charge is -2.10. The molecule has 0 aliphatic heterocycles. The van der Waals surface area contributed by atoms with Crippen molar-refractivity contribution >= 4 is 11.6 Å². The zero-order valence-corrected chi connectivity index (χ0v) is 9.45. The van der Waals surface area contributed by atoms with Crippen molar-refractivity contribution in [2.24, 2.45) is 5.41 Å². The lowest BCUT2D eigenvalue weighted by atomic mass is 9.96. The van der Waals surface area contributed by atoms with Crippen LogP contribution in [0.15, 0.2) is 42.5 Å². The molecule has 1 amide bonds. The molecule has 0 aliphatic rings. The summed E-state index contributed by atoms with van der Waals surface area (Å²) in [7, 11) is 0. The minimum atomic E-state index is -0.0869. The molecule has 0 fully saturated rings. The van der Waals surface area contributed by atoms with E-state index < -0.39 is 0 Å². The second-order valence-corrected chi connectivity index (χ2v) is 4.55. The molecule has 2 nitrogen and oxygen atoms in total. The minimum Gasteiger partial charge on any atom is -0.323 e. The molecule has 1 aromatic carbocycles. The van der Waals surface area contributed by atoms with Crippen LogP contribution in [0, 0.1) is 5.41 Å². The molecule has 0 atom stereocenters. The first-order chi connectivity index (χ1) is 6.97. The van der Waals surface area contributed by atoms with Crippen LogP contribution in [0.1, 0.15) is 20.8 Å². The van der Waals surface area contributed by atoms with E-state index >= 15 is 0 Å². The van der Waals surface area contributed by atoms with Crippen LogP contribution in [-0.2, 0) is 4.79 Å². The molecular formula is C13H17NO. The first kappa shape index (κ1) is 11.5. The van der Waals surface area contributed by atoms with Gasteiger partial charge in [0.15, 0.2) is 0 Å². The summed E-state index contributed by atoms with van der Waals surface area (Å²) in [6.07, 6.45) is 3.47. The van der Waals surface area contributed by atoms with Gasteiger partial charge in [0, 0.05) is 5.69 Å². The molecule has 1 N–H and O–H groups in total. The normalized spacial score (nSPS) is 11.7. The van der Waals surface area contributed by atoms with Gasteiger partial charge >= 0.3 is 0 Å². The number of nitrogens with one attached hydrogen (secondary N) is 1. The van der Waals surface area contributed by atoms with Crippen LogP contribution in [0.4, 0.5) is 5.69 Å². The number of carbonyl (C=O) groups excluding carboxylic acids is 1. The quantitative estimate of drug-likeness (QED) is 0.734. The number of benzene rings is 1. The van der Waals surface area contributed by atoms with E-state index in [1.807, 2.05) is 36.4 Å². The minimum absolute atomic E-state index is 0.0357. The Bertz CT molecular complexity index is 347. The van der Waals surface area contributed by atoms with Gasteiger partial charge in [-0.15, -0.1) is 0 Å². The molecule has 0 spiro atoms. The Hall–Kier alpha value is -1.57. The Balaban J connectivity index is 2.55. The molecule has 1 aromatic rings. The standard InChI is InChI=1S/C13H17NO/c1-13(2,3)10-9-12(15)14-11-7-5-4-6-8-11/h4-10H,1-3H3,(H,14,15). The highest BCUT2D eigenvalue weighted by atomic mass is 16.1. The monoisotopic (exact) mass is 203 g/mol. The van der Waals surface area contributed by atoms with Crippen LogP contribution < -0.4 is 5.32 Å². The lowest BCUT2D eigenvalue weighted by Crippen LogP contribution is -2.09. The van der Waals surface area contributed by atoms with Gasteiger partial charge in [-0.3, -0.25) is 4.79 Å². The maximum atomic E-state index is 11.5. The smallest absolute Gasteiger partial charge is 0.248 e. The van der Waals surface area contributed by atoms with Crippen LogP contribution in [-0.4, -0.2) is 5.91 Å².